The summed E-state index contributed by atoms with van der Waals surface area (Å²) in [7, 11) is 0. The largest absolute Gasteiger partial charge is 0.391 e. The van der Waals surface area contributed by atoms with Crippen LogP contribution in [0.5, 0.6) is 0 Å². The van der Waals surface area contributed by atoms with E-state index in [0.717, 1.165) is 32.4 Å². The van der Waals surface area contributed by atoms with Crippen molar-refractivity contribution in [1.29, 1.82) is 0 Å². The molecule has 1 heterocycles. The fourth-order valence-corrected chi connectivity index (χ4v) is 3.35. The SMILES string of the molecule is NCC1CCN(C2CCCC(C(F)(F)F)C2)CC1. The molecule has 2 rings (SSSR count). The van der Waals surface area contributed by atoms with Gasteiger partial charge in [0.05, 0.1) is 5.92 Å². The van der Waals surface area contributed by atoms with E-state index in [0.29, 0.717) is 31.7 Å². The number of halogens is 3. The summed E-state index contributed by atoms with van der Waals surface area (Å²) in [5.74, 6) is -0.508. The smallest absolute Gasteiger partial charge is 0.330 e. The van der Waals surface area contributed by atoms with Crippen molar-refractivity contribution in [2.75, 3.05) is 19.6 Å². The highest BCUT2D eigenvalue weighted by Crippen LogP contribution is 2.39. The van der Waals surface area contributed by atoms with Crippen LogP contribution in [0, 0.1) is 11.8 Å². The van der Waals surface area contributed by atoms with Gasteiger partial charge < -0.3 is 10.6 Å². The van der Waals surface area contributed by atoms with Gasteiger partial charge in [-0.2, -0.15) is 13.2 Å². The molecule has 1 saturated carbocycles. The van der Waals surface area contributed by atoms with Crippen molar-refractivity contribution in [1.82, 2.24) is 4.90 Å². The molecule has 0 aromatic rings. The van der Waals surface area contributed by atoms with Crippen molar-refractivity contribution in [3.8, 4) is 0 Å². The molecule has 2 fully saturated rings. The molecule has 2 atom stereocenters. The van der Waals surface area contributed by atoms with Crippen LogP contribution in [-0.2, 0) is 0 Å². The molecule has 5 heteroatoms. The Morgan fingerprint density at radius 3 is 2.28 bits per heavy atom. The van der Waals surface area contributed by atoms with Crippen LogP contribution < -0.4 is 5.73 Å². The van der Waals surface area contributed by atoms with Crippen molar-refractivity contribution < 1.29 is 13.2 Å². The van der Waals surface area contributed by atoms with E-state index in [1.807, 2.05) is 0 Å². The van der Waals surface area contributed by atoms with E-state index in [-0.39, 0.29) is 6.04 Å². The topological polar surface area (TPSA) is 29.3 Å². The van der Waals surface area contributed by atoms with Gasteiger partial charge in [0, 0.05) is 6.04 Å². The van der Waals surface area contributed by atoms with E-state index in [1.54, 1.807) is 0 Å². The molecular formula is C13H23F3N2. The third-order valence-corrected chi connectivity index (χ3v) is 4.61. The minimum absolute atomic E-state index is 0.143. The first-order valence-corrected chi connectivity index (χ1v) is 7.01. The Balaban J connectivity index is 1.86. The summed E-state index contributed by atoms with van der Waals surface area (Å²) < 4.78 is 38.3. The molecular weight excluding hydrogens is 241 g/mol. The zero-order valence-electron chi connectivity index (χ0n) is 10.8. The van der Waals surface area contributed by atoms with Crippen LogP contribution in [0.1, 0.15) is 38.5 Å². The molecule has 2 unspecified atom stereocenters. The second kappa shape index (κ2) is 5.78. The molecule has 0 aromatic carbocycles. The minimum Gasteiger partial charge on any atom is -0.330 e. The van der Waals surface area contributed by atoms with Gasteiger partial charge >= 0.3 is 6.18 Å². The molecule has 0 bridgehead atoms. The lowest BCUT2D eigenvalue weighted by atomic mass is 9.83. The van der Waals surface area contributed by atoms with E-state index in [9.17, 15) is 13.2 Å². The van der Waals surface area contributed by atoms with Crippen molar-refractivity contribution >= 4 is 0 Å². The normalized spacial score (nSPS) is 32.7. The van der Waals surface area contributed by atoms with E-state index in [4.69, 9.17) is 5.73 Å². The highest BCUT2D eigenvalue weighted by atomic mass is 19.4. The van der Waals surface area contributed by atoms with Crippen LogP contribution in [0.4, 0.5) is 13.2 Å². The Morgan fingerprint density at radius 1 is 1.06 bits per heavy atom. The van der Waals surface area contributed by atoms with Crippen molar-refractivity contribution in [2.24, 2.45) is 17.6 Å². The van der Waals surface area contributed by atoms with Crippen molar-refractivity contribution in [3.63, 3.8) is 0 Å². The Labute approximate surface area is 107 Å². The van der Waals surface area contributed by atoms with Gasteiger partial charge in [-0.3, -0.25) is 0 Å². The van der Waals surface area contributed by atoms with Gasteiger partial charge in [-0.25, -0.2) is 0 Å². The Kier molecular flexibility index (Phi) is 4.54. The molecule has 18 heavy (non-hydrogen) atoms. The van der Waals surface area contributed by atoms with E-state index < -0.39 is 12.1 Å². The summed E-state index contributed by atoms with van der Waals surface area (Å²) in [6.45, 7) is 2.57. The quantitative estimate of drug-likeness (QED) is 0.831. The summed E-state index contributed by atoms with van der Waals surface area (Å²) in [5, 5.41) is 0. The third kappa shape index (κ3) is 3.38. The maximum Gasteiger partial charge on any atom is 0.391 e. The zero-order chi connectivity index (χ0) is 13.2. The summed E-state index contributed by atoms with van der Waals surface area (Å²) in [6.07, 6.45) is 0.350. The number of likely N-dealkylation sites (tertiary alicyclic amines) is 1. The monoisotopic (exact) mass is 264 g/mol. The number of hydrogen-bond donors (Lipinski definition) is 1. The molecule has 2 nitrogen and oxygen atoms in total. The van der Waals surface area contributed by atoms with Crippen LogP contribution in [-0.4, -0.2) is 36.8 Å². The lowest BCUT2D eigenvalue weighted by molar-refractivity contribution is -0.187. The maximum absolute atomic E-state index is 12.8. The number of nitrogens with two attached hydrogens (primary N) is 1. The van der Waals surface area contributed by atoms with Crippen LogP contribution in [0.2, 0.25) is 0 Å². The summed E-state index contributed by atoms with van der Waals surface area (Å²) in [4.78, 5) is 2.27. The van der Waals surface area contributed by atoms with Gasteiger partial charge in [-0.15, -0.1) is 0 Å². The number of alkyl halides is 3. The van der Waals surface area contributed by atoms with Crippen molar-refractivity contribution in [2.45, 2.75) is 50.7 Å². The van der Waals surface area contributed by atoms with E-state index in [2.05, 4.69) is 4.90 Å². The van der Waals surface area contributed by atoms with Gasteiger partial charge in [0.1, 0.15) is 0 Å². The first-order valence-electron chi connectivity index (χ1n) is 7.01. The maximum atomic E-state index is 12.8. The molecule has 0 aromatic heterocycles. The molecule has 0 radical (unpaired) electrons. The van der Waals surface area contributed by atoms with Crippen LogP contribution in [0.15, 0.2) is 0 Å². The highest BCUT2D eigenvalue weighted by Gasteiger charge is 2.43. The van der Waals surface area contributed by atoms with Crippen LogP contribution in [0.3, 0.4) is 0 Å². The highest BCUT2D eigenvalue weighted by molar-refractivity contribution is 4.86. The van der Waals surface area contributed by atoms with Gasteiger partial charge in [0.2, 0.25) is 0 Å². The number of nitrogens with zero attached hydrogens (tertiary/aromatic N) is 1. The average molecular weight is 264 g/mol. The van der Waals surface area contributed by atoms with Gasteiger partial charge in [-0.1, -0.05) is 6.42 Å². The number of rotatable bonds is 2. The predicted molar refractivity (Wildman–Crippen MR) is 65.2 cm³/mol. The number of piperidine rings is 1. The molecule has 1 aliphatic carbocycles. The Hall–Kier alpha value is -0.290. The summed E-state index contributed by atoms with van der Waals surface area (Å²) >= 11 is 0. The lowest BCUT2D eigenvalue weighted by Gasteiger charge is -2.41. The fraction of sp³-hybridized carbons (Fsp3) is 1.00. The predicted octanol–water partition coefficient (Wildman–Crippen LogP) is 2.78. The van der Waals surface area contributed by atoms with E-state index in [1.165, 1.54) is 0 Å². The first-order chi connectivity index (χ1) is 8.50. The van der Waals surface area contributed by atoms with Gasteiger partial charge in [-0.05, 0) is 57.7 Å². The molecule has 1 aliphatic heterocycles. The summed E-state index contributed by atoms with van der Waals surface area (Å²) in [5.41, 5.74) is 5.64. The molecule has 0 spiro atoms. The standard InChI is InChI=1S/C13H23F3N2/c14-13(15,16)11-2-1-3-12(8-11)18-6-4-10(9-17)5-7-18/h10-12H,1-9,17H2. The molecule has 0 amide bonds. The Morgan fingerprint density at radius 2 is 1.72 bits per heavy atom. The minimum atomic E-state index is -4.01. The van der Waals surface area contributed by atoms with Gasteiger partial charge in [0.15, 0.2) is 0 Å². The Bertz CT molecular complexity index is 259. The lowest BCUT2D eigenvalue weighted by Crippen LogP contribution is -2.46. The molecule has 106 valence electrons. The molecule has 2 aliphatic rings. The average Bonchev–Trinajstić information content (AvgIpc) is 2.38. The van der Waals surface area contributed by atoms with Crippen molar-refractivity contribution in [3.05, 3.63) is 0 Å². The van der Waals surface area contributed by atoms with Crippen LogP contribution in [0.25, 0.3) is 0 Å². The molecule has 1 saturated heterocycles. The second-order valence-electron chi connectivity index (χ2n) is 5.77. The fourth-order valence-electron chi connectivity index (χ4n) is 3.35. The zero-order valence-corrected chi connectivity index (χ0v) is 10.8. The second-order valence-corrected chi connectivity index (χ2v) is 5.77. The first kappa shape index (κ1) is 14.1. The third-order valence-electron chi connectivity index (χ3n) is 4.61. The summed E-state index contributed by atoms with van der Waals surface area (Å²) in [6, 6.07) is 0.143. The van der Waals surface area contributed by atoms with E-state index >= 15 is 0 Å². The molecule has 2 N–H and O–H groups in total. The van der Waals surface area contributed by atoms with Gasteiger partial charge in [0.25, 0.3) is 0 Å². The van der Waals surface area contributed by atoms with Crippen LogP contribution >= 0.6 is 0 Å². The number of hydrogen-bond acceptors (Lipinski definition) is 2.